The van der Waals surface area contributed by atoms with Crippen LogP contribution in [-0.4, -0.2) is 6.54 Å². The van der Waals surface area contributed by atoms with Gasteiger partial charge in [-0.15, -0.1) is 0 Å². The molecule has 1 heterocycles. The topological polar surface area (TPSA) is 29.3 Å². The summed E-state index contributed by atoms with van der Waals surface area (Å²) in [4.78, 5) is 2.10. The van der Waals surface area contributed by atoms with Gasteiger partial charge < -0.3 is 10.6 Å². The molecule has 3 heteroatoms. The number of benzene rings is 2. The van der Waals surface area contributed by atoms with Gasteiger partial charge in [-0.3, -0.25) is 0 Å². The summed E-state index contributed by atoms with van der Waals surface area (Å²) in [6, 6.07) is 13.5. The van der Waals surface area contributed by atoms with E-state index in [1.807, 2.05) is 12.1 Å². The molecule has 2 N–H and O–H groups in total. The van der Waals surface area contributed by atoms with Crippen LogP contribution in [-0.2, 0) is 19.5 Å². The zero-order valence-corrected chi connectivity index (χ0v) is 10.8. The van der Waals surface area contributed by atoms with Gasteiger partial charge in [-0.25, -0.2) is 4.39 Å². The third-order valence-corrected chi connectivity index (χ3v) is 3.74. The Kier molecular flexibility index (Phi) is 3.22. The molecule has 0 saturated carbocycles. The fourth-order valence-electron chi connectivity index (χ4n) is 2.77. The summed E-state index contributed by atoms with van der Waals surface area (Å²) in [6.45, 7) is 1.96. The number of nitrogens with two attached hydrogens (primary N) is 1. The molecule has 0 aliphatic carbocycles. The van der Waals surface area contributed by atoms with E-state index in [0.717, 1.165) is 25.1 Å². The van der Waals surface area contributed by atoms with Gasteiger partial charge in [0.05, 0.1) is 5.69 Å². The van der Waals surface area contributed by atoms with Crippen molar-refractivity contribution in [2.45, 2.75) is 19.5 Å². The predicted molar refractivity (Wildman–Crippen MR) is 75.5 cm³/mol. The predicted octanol–water partition coefficient (Wildman–Crippen LogP) is 2.85. The highest BCUT2D eigenvalue weighted by Crippen LogP contribution is 2.29. The molecule has 0 unspecified atom stereocenters. The van der Waals surface area contributed by atoms with Gasteiger partial charge in [0.1, 0.15) is 5.82 Å². The molecule has 2 aromatic carbocycles. The van der Waals surface area contributed by atoms with Crippen molar-refractivity contribution < 1.29 is 4.39 Å². The lowest BCUT2D eigenvalue weighted by Gasteiger charge is -2.32. The lowest BCUT2D eigenvalue weighted by molar-refractivity contribution is 0.607. The number of hydrogen-bond acceptors (Lipinski definition) is 2. The molecule has 2 nitrogen and oxygen atoms in total. The zero-order valence-electron chi connectivity index (χ0n) is 10.8. The quantitative estimate of drug-likeness (QED) is 0.895. The van der Waals surface area contributed by atoms with Crippen LogP contribution in [0, 0.1) is 5.82 Å². The van der Waals surface area contributed by atoms with Crippen molar-refractivity contribution in [2.24, 2.45) is 5.73 Å². The van der Waals surface area contributed by atoms with Crippen molar-refractivity contribution in [3.63, 3.8) is 0 Å². The Morgan fingerprint density at radius 1 is 1.05 bits per heavy atom. The number of fused-ring (bicyclic) bond motifs is 1. The lowest BCUT2D eigenvalue weighted by Crippen LogP contribution is -2.32. The van der Waals surface area contributed by atoms with Crippen LogP contribution in [0.5, 0.6) is 0 Å². The SMILES string of the molecule is NCc1cccc(F)c1N1CCc2ccccc2C1. The zero-order chi connectivity index (χ0) is 13.2. The van der Waals surface area contributed by atoms with Crippen molar-refractivity contribution in [1.29, 1.82) is 0 Å². The van der Waals surface area contributed by atoms with E-state index in [0.29, 0.717) is 12.2 Å². The second-order valence-corrected chi connectivity index (χ2v) is 4.89. The molecular weight excluding hydrogens is 239 g/mol. The van der Waals surface area contributed by atoms with E-state index in [4.69, 9.17) is 5.73 Å². The molecule has 0 fully saturated rings. The van der Waals surface area contributed by atoms with Gasteiger partial charge in [0, 0.05) is 19.6 Å². The standard InChI is InChI=1S/C16H17FN2/c17-15-7-3-6-13(10-18)16(15)19-9-8-12-4-1-2-5-14(12)11-19/h1-7H,8-11,18H2. The largest absolute Gasteiger partial charge is 0.364 e. The smallest absolute Gasteiger partial charge is 0.146 e. The minimum Gasteiger partial charge on any atom is -0.364 e. The van der Waals surface area contributed by atoms with Crippen LogP contribution in [0.15, 0.2) is 42.5 Å². The molecule has 0 amide bonds. The number of hydrogen-bond donors (Lipinski definition) is 1. The molecule has 0 aromatic heterocycles. The number of rotatable bonds is 2. The maximum atomic E-state index is 14.1. The summed E-state index contributed by atoms with van der Waals surface area (Å²) in [5.74, 6) is -0.178. The average Bonchev–Trinajstić information content (AvgIpc) is 2.46. The minimum atomic E-state index is -0.178. The Hall–Kier alpha value is -1.87. The van der Waals surface area contributed by atoms with Crippen LogP contribution in [0.1, 0.15) is 16.7 Å². The van der Waals surface area contributed by atoms with Crippen LogP contribution in [0.4, 0.5) is 10.1 Å². The van der Waals surface area contributed by atoms with Crippen molar-refractivity contribution in [3.05, 3.63) is 65.0 Å². The Labute approximate surface area is 112 Å². The monoisotopic (exact) mass is 256 g/mol. The molecule has 0 spiro atoms. The molecule has 98 valence electrons. The molecule has 19 heavy (non-hydrogen) atoms. The van der Waals surface area contributed by atoms with E-state index < -0.39 is 0 Å². The highest BCUT2D eigenvalue weighted by atomic mass is 19.1. The van der Waals surface area contributed by atoms with Gasteiger partial charge in [-0.1, -0.05) is 36.4 Å². The van der Waals surface area contributed by atoms with E-state index in [9.17, 15) is 4.39 Å². The van der Waals surface area contributed by atoms with Gasteiger partial charge in [0.2, 0.25) is 0 Å². The minimum absolute atomic E-state index is 0.178. The third kappa shape index (κ3) is 2.22. The summed E-state index contributed by atoms with van der Waals surface area (Å²) >= 11 is 0. The number of anilines is 1. The van der Waals surface area contributed by atoms with Crippen molar-refractivity contribution in [3.8, 4) is 0 Å². The van der Waals surface area contributed by atoms with Crippen LogP contribution in [0.25, 0.3) is 0 Å². The highest BCUT2D eigenvalue weighted by Gasteiger charge is 2.20. The fraction of sp³-hybridized carbons (Fsp3) is 0.250. The summed E-state index contributed by atoms with van der Waals surface area (Å²) in [5, 5.41) is 0. The van der Waals surface area contributed by atoms with Crippen LogP contribution in [0.3, 0.4) is 0 Å². The number of para-hydroxylation sites is 1. The Balaban J connectivity index is 1.97. The van der Waals surface area contributed by atoms with Crippen molar-refractivity contribution in [1.82, 2.24) is 0 Å². The van der Waals surface area contributed by atoms with E-state index in [-0.39, 0.29) is 5.82 Å². The van der Waals surface area contributed by atoms with Crippen molar-refractivity contribution in [2.75, 3.05) is 11.4 Å². The van der Waals surface area contributed by atoms with Crippen LogP contribution < -0.4 is 10.6 Å². The van der Waals surface area contributed by atoms with E-state index >= 15 is 0 Å². The van der Waals surface area contributed by atoms with E-state index in [1.165, 1.54) is 17.2 Å². The number of nitrogens with zero attached hydrogens (tertiary/aromatic N) is 1. The Morgan fingerprint density at radius 2 is 1.84 bits per heavy atom. The fourth-order valence-corrected chi connectivity index (χ4v) is 2.77. The first-order valence-corrected chi connectivity index (χ1v) is 6.59. The molecule has 1 aliphatic heterocycles. The Bertz CT molecular complexity index is 595. The maximum absolute atomic E-state index is 14.1. The molecular formula is C16H17FN2. The van der Waals surface area contributed by atoms with Gasteiger partial charge in [-0.2, -0.15) is 0 Å². The molecule has 2 aromatic rings. The maximum Gasteiger partial charge on any atom is 0.146 e. The van der Waals surface area contributed by atoms with Crippen molar-refractivity contribution >= 4 is 5.69 Å². The van der Waals surface area contributed by atoms with Crippen LogP contribution >= 0.6 is 0 Å². The second-order valence-electron chi connectivity index (χ2n) is 4.89. The first-order valence-electron chi connectivity index (χ1n) is 6.59. The van der Waals surface area contributed by atoms with Crippen LogP contribution in [0.2, 0.25) is 0 Å². The van der Waals surface area contributed by atoms with Gasteiger partial charge in [0.15, 0.2) is 0 Å². The molecule has 1 aliphatic rings. The second kappa shape index (κ2) is 5.02. The normalized spacial score (nSPS) is 14.3. The molecule has 0 atom stereocenters. The molecule has 0 saturated heterocycles. The summed E-state index contributed by atoms with van der Waals surface area (Å²) < 4.78 is 14.1. The molecule has 3 rings (SSSR count). The first kappa shape index (κ1) is 12.2. The third-order valence-electron chi connectivity index (χ3n) is 3.74. The average molecular weight is 256 g/mol. The molecule has 0 bridgehead atoms. The van der Waals surface area contributed by atoms with Gasteiger partial charge in [-0.05, 0) is 29.2 Å². The highest BCUT2D eigenvalue weighted by molar-refractivity contribution is 5.56. The first-order chi connectivity index (χ1) is 9.29. The van der Waals surface area contributed by atoms with E-state index in [1.54, 1.807) is 6.07 Å². The number of halogens is 1. The lowest BCUT2D eigenvalue weighted by atomic mass is 9.98. The molecule has 0 radical (unpaired) electrons. The van der Waals surface area contributed by atoms with Gasteiger partial charge >= 0.3 is 0 Å². The Morgan fingerprint density at radius 3 is 2.63 bits per heavy atom. The summed E-state index contributed by atoms with van der Waals surface area (Å²) in [6.07, 6.45) is 0.953. The summed E-state index contributed by atoms with van der Waals surface area (Å²) in [5.41, 5.74) is 9.91. The van der Waals surface area contributed by atoms with E-state index in [2.05, 4.69) is 23.1 Å². The van der Waals surface area contributed by atoms with Gasteiger partial charge in [0.25, 0.3) is 0 Å². The summed E-state index contributed by atoms with van der Waals surface area (Å²) in [7, 11) is 0.